The van der Waals surface area contributed by atoms with E-state index in [0.717, 1.165) is 35.7 Å². The molecule has 0 unspecified atom stereocenters. The molecule has 0 atom stereocenters. The molecule has 0 aliphatic carbocycles. The molecule has 0 radical (unpaired) electrons. The van der Waals surface area contributed by atoms with E-state index in [1.165, 1.54) is 0 Å². The summed E-state index contributed by atoms with van der Waals surface area (Å²) in [7, 11) is 3.84. The summed E-state index contributed by atoms with van der Waals surface area (Å²) in [5.41, 5.74) is 2.17. The summed E-state index contributed by atoms with van der Waals surface area (Å²) in [6, 6.07) is 4.00. The topological polar surface area (TPSA) is 43.0 Å². The number of furan rings is 1. The first-order valence-corrected chi connectivity index (χ1v) is 5.50. The molecule has 2 heterocycles. The van der Waals surface area contributed by atoms with Crippen LogP contribution in [0.3, 0.4) is 0 Å². The minimum absolute atomic E-state index is 0.752. The number of aromatic nitrogens is 2. The van der Waals surface area contributed by atoms with Crippen molar-refractivity contribution in [1.82, 2.24) is 15.1 Å². The Morgan fingerprint density at radius 3 is 2.94 bits per heavy atom. The highest BCUT2D eigenvalue weighted by Crippen LogP contribution is 2.25. The van der Waals surface area contributed by atoms with E-state index in [1.54, 1.807) is 0 Å². The van der Waals surface area contributed by atoms with Crippen molar-refractivity contribution in [3.05, 3.63) is 29.8 Å². The number of aryl methyl sites for hydroxylation is 2. The summed E-state index contributed by atoms with van der Waals surface area (Å²) in [6.45, 7) is 2.85. The SMILES string of the molecule is CCc1nn(C)cc1-c1ccc(CNC)o1. The molecular formula is C12H17N3O. The number of nitrogens with one attached hydrogen (secondary N) is 1. The number of hydrogen-bond donors (Lipinski definition) is 1. The monoisotopic (exact) mass is 219 g/mol. The quantitative estimate of drug-likeness (QED) is 0.854. The molecule has 0 spiro atoms. The lowest BCUT2D eigenvalue weighted by Crippen LogP contribution is -2.03. The fraction of sp³-hybridized carbons (Fsp3) is 0.417. The molecule has 4 heteroatoms. The first-order chi connectivity index (χ1) is 7.74. The number of nitrogens with zero attached hydrogens (tertiary/aromatic N) is 2. The zero-order valence-electron chi connectivity index (χ0n) is 9.95. The minimum Gasteiger partial charge on any atom is -0.460 e. The van der Waals surface area contributed by atoms with Gasteiger partial charge in [0.1, 0.15) is 11.5 Å². The Hall–Kier alpha value is -1.55. The molecule has 4 nitrogen and oxygen atoms in total. The maximum Gasteiger partial charge on any atom is 0.137 e. The van der Waals surface area contributed by atoms with Crippen LogP contribution in [0.25, 0.3) is 11.3 Å². The predicted octanol–water partition coefficient (Wildman–Crippen LogP) is 1.96. The molecule has 0 amide bonds. The van der Waals surface area contributed by atoms with Crippen molar-refractivity contribution >= 4 is 0 Å². The summed E-state index contributed by atoms with van der Waals surface area (Å²) >= 11 is 0. The molecule has 0 bridgehead atoms. The van der Waals surface area contributed by atoms with Gasteiger partial charge in [-0.2, -0.15) is 5.10 Å². The Kier molecular flexibility index (Phi) is 3.10. The second-order valence-electron chi connectivity index (χ2n) is 3.81. The van der Waals surface area contributed by atoms with Gasteiger partial charge in [0.15, 0.2) is 0 Å². The van der Waals surface area contributed by atoms with E-state index in [2.05, 4.69) is 17.3 Å². The fourth-order valence-corrected chi connectivity index (χ4v) is 1.79. The number of hydrogen-bond acceptors (Lipinski definition) is 3. The van der Waals surface area contributed by atoms with Crippen molar-refractivity contribution in [2.75, 3.05) is 7.05 Å². The van der Waals surface area contributed by atoms with Gasteiger partial charge in [-0.3, -0.25) is 4.68 Å². The van der Waals surface area contributed by atoms with Gasteiger partial charge >= 0.3 is 0 Å². The Balaban J connectivity index is 2.34. The van der Waals surface area contributed by atoms with Crippen molar-refractivity contribution in [3.63, 3.8) is 0 Å². The van der Waals surface area contributed by atoms with Crippen LogP contribution < -0.4 is 5.32 Å². The van der Waals surface area contributed by atoms with Crippen LogP contribution in [0.2, 0.25) is 0 Å². The Bertz CT molecular complexity index is 470. The van der Waals surface area contributed by atoms with Crippen molar-refractivity contribution in [3.8, 4) is 11.3 Å². The van der Waals surface area contributed by atoms with Gasteiger partial charge in [0.05, 0.1) is 17.8 Å². The van der Waals surface area contributed by atoms with Crippen LogP contribution in [0.5, 0.6) is 0 Å². The molecule has 0 aromatic carbocycles. The van der Waals surface area contributed by atoms with E-state index in [0.29, 0.717) is 0 Å². The highest BCUT2D eigenvalue weighted by molar-refractivity contribution is 5.59. The van der Waals surface area contributed by atoms with Gasteiger partial charge < -0.3 is 9.73 Å². The third-order valence-electron chi connectivity index (χ3n) is 2.52. The zero-order chi connectivity index (χ0) is 11.5. The summed E-state index contributed by atoms with van der Waals surface area (Å²) in [6.07, 6.45) is 2.92. The maximum atomic E-state index is 5.75. The molecule has 2 rings (SSSR count). The summed E-state index contributed by atoms with van der Waals surface area (Å²) in [4.78, 5) is 0. The van der Waals surface area contributed by atoms with Crippen molar-refractivity contribution in [2.24, 2.45) is 7.05 Å². The van der Waals surface area contributed by atoms with Gasteiger partial charge in [-0.25, -0.2) is 0 Å². The fourth-order valence-electron chi connectivity index (χ4n) is 1.79. The van der Waals surface area contributed by atoms with E-state index in [9.17, 15) is 0 Å². The Morgan fingerprint density at radius 1 is 1.44 bits per heavy atom. The van der Waals surface area contributed by atoms with Crippen LogP contribution in [0, 0.1) is 0 Å². The third kappa shape index (κ3) is 2.02. The largest absolute Gasteiger partial charge is 0.460 e. The zero-order valence-corrected chi connectivity index (χ0v) is 9.95. The average molecular weight is 219 g/mol. The van der Waals surface area contributed by atoms with E-state index >= 15 is 0 Å². The molecule has 1 N–H and O–H groups in total. The molecule has 2 aromatic rings. The molecule has 86 valence electrons. The first-order valence-electron chi connectivity index (χ1n) is 5.50. The molecule has 0 saturated heterocycles. The van der Waals surface area contributed by atoms with Crippen LogP contribution in [0.1, 0.15) is 18.4 Å². The lowest BCUT2D eigenvalue weighted by molar-refractivity contribution is 0.507. The third-order valence-corrected chi connectivity index (χ3v) is 2.52. The summed E-state index contributed by atoms with van der Waals surface area (Å²) < 4.78 is 7.58. The van der Waals surface area contributed by atoms with Gasteiger partial charge in [0.25, 0.3) is 0 Å². The number of rotatable bonds is 4. The highest BCUT2D eigenvalue weighted by atomic mass is 16.3. The first kappa shape index (κ1) is 11.0. The minimum atomic E-state index is 0.752. The molecule has 16 heavy (non-hydrogen) atoms. The summed E-state index contributed by atoms with van der Waals surface area (Å²) in [5.74, 6) is 1.85. The normalized spacial score (nSPS) is 10.9. The molecule has 0 saturated carbocycles. The molecule has 0 aliphatic rings. The van der Waals surface area contributed by atoms with Gasteiger partial charge in [0.2, 0.25) is 0 Å². The lowest BCUT2D eigenvalue weighted by Gasteiger charge is -1.96. The van der Waals surface area contributed by atoms with Crippen molar-refractivity contribution in [1.29, 1.82) is 0 Å². The summed E-state index contributed by atoms with van der Waals surface area (Å²) in [5, 5.41) is 7.47. The average Bonchev–Trinajstić information content (AvgIpc) is 2.85. The van der Waals surface area contributed by atoms with E-state index in [4.69, 9.17) is 4.42 Å². The van der Waals surface area contributed by atoms with Crippen LogP contribution in [-0.2, 0) is 20.0 Å². The lowest BCUT2D eigenvalue weighted by atomic mass is 10.2. The Labute approximate surface area is 95.3 Å². The van der Waals surface area contributed by atoms with E-state index in [1.807, 2.05) is 37.1 Å². The van der Waals surface area contributed by atoms with Crippen LogP contribution >= 0.6 is 0 Å². The van der Waals surface area contributed by atoms with E-state index in [-0.39, 0.29) is 0 Å². The smallest absolute Gasteiger partial charge is 0.137 e. The van der Waals surface area contributed by atoms with Crippen molar-refractivity contribution < 1.29 is 4.42 Å². The molecular weight excluding hydrogens is 202 g/mol. The molecule has 0 fully saturated rings. The molecule has 2 aromatic heterocycles. The molecule has 0 aliphatic heterocycles. The van der Waals surface area contributed by atoms with Crippen LogP contribution in [0.4, 0.5) is 0 Å². The standard InChI is InChI=1S/C12H17N3O/c1-4-11-10(8-15(3)14-11)12-6-5-9(16-12)7-13-2/h5-6,8,13H,4,7H2,1-3H3. The van der Waals surface area contributed by atoms with Crippen LogP contribution in [-0.4, -0.2) is 16.8 Å². The van der Waals surface area contributed by atoms with E-state index < -0.39 is 0 Å². The van der Waals surface area contributed by atoms with Crippen molar-refractivity contribution in [2.45, 2.75) is 19.9 Å². The van der Waals surface area contributed by atoms with Gasteiger partial charge in [-0.15, -0.1) is 0 Å². The van der Waals surface area contributed by atoms with Gasteiger partial charge in [0, 0.05) is 13.2 Å². The maximum absolute atomic E-state index is 5.75. The van der Waals surface area contributed by atoms with Crippen LogP contribution in [0.15, 0.2) is 22.7 Å². The highest BCUT2D eigenvalue weighted by Gasteiger charge is 2.11. The predicted molar refractivity (Wildman–Crippen MR) is 63.1 cm³/mol. The van der Waals surface area contributed by atoms with Gasteiger partial charge in [-0.05, 0) is 25.6 Å². The Morgan fingerprint density at radius 2 is 2.25 bits per heavy atom. The second-order valence-corrected chi connectivity index (χ2v) is 3.81. The van der Waals surface area contributed by atoms with Gasteiger partial charge in [-0.1, -0.05) is 6.92 Å². The second kappa shape index (κ2) is 4.53.